The fraction of sp³-hybridized carbons (Fsp3) is 1.00. The number of methoxy groups -OCH3 is 1. The van der Waals surface area contributed by atoms with Crippen molar-refractivity contribution in [1.82, 2.24) is 5.32 Å². The summed E-state index contributed by atoms with van der Waals surface area (Å²) < 4.78 is 4.83. The van der Waals surface area contributed by atoms with Crippen LogP contribution >= 0.6 is 0 Å². The summed E-state index contributed by atoms with van der Waals surface area (Å²) in [7, 11) is 1.65. The quantitative estimate of drug-likeness (QED) is 0.535. The molecule has 0 aliphatic carbocycles. The predicted molar refractivity (Wildman–Crippen MR) is 34.3 cm³/mol. The number of hydrogen-bond donors (Lipinski definition) is 2. The van der Waals surface area contributed by atoms with Gasteiger partial charge in [-0.25, -0.2) is 0 Å². The molecule has 54 valence electrons. The van der Waals surface area contributed by atoms with Gasteiger partial charge in [-0.1, -0.05) is 0 Å². The number of rotatable bonds is 3. The van der Waals surface area contributed by atoms with Gasteiger partial charge in [-0.2, -0.15) is 0 Å². The summed E-state index contributed by atoms with van der Waals surface area (Å²) >= 11 is 0. The Labute approximate surface area is 55.0 Å². The molecule has 0 aromatic carbocycles. The van der Waals surface area contributed by atoms with Crippen molar-refractivity contribution in [3.05, 3.63) is 0 Å². The van der Waals surface area contributed by atoms with E-state index in [0.717, 1.165) is 19.5 Å². The highest BCUT2D eigenvalue weighted by atomic mass is 16.5. The summed E-state index contributed by atoms with van der Waals surface area (Å²) in [4.78, 5) is 0. The first-order valence-corrected chi connectivity index (χ1v) is 3.19. The zero-order valence-corrected chi connectivity index (χ0v) is 5.68. The van der Waals surface area contributed by atoms with Crippen LogP contribution in [0.2, 0.25) is 0 Å². The standard InChI is InChI=1S/C6H13NO2/c1-9-3-2-6(8)4-7-5-6/h7-8H,2-5H2,1H3. The minimum absolute atomic E-state index is 0.462. The van der Waals surface area contributed by atoms with Gasteiger partial charge in [0.2, 0.25) is 0 Å². The SMILES string of the molecule is COCCC1(O)CNC1. The number of ether oxygens (including phenoxy) is 1. The molecule has 9 heavy (non-hydrogen) atoms. The molecule has 0 aromatic heterocycles. The summed E-state index contributed by atoms with van der Waals surface area (Å²) in [6.07, 6.45) is 0.747. The predicted octanol–water partition coefficient (Wildman–Crippen LogP) is -0.643. The second-order valence-corrected chi connectivity index (χ2v) is 2.57. The highest BCUT2D eigenvalue weighted by molar-refractivity contribution is 4.91. The van der Waals surface area contributed by atoms with Crippen LogP contribution in [-0.4, -0.2) is 37.5 Å². The van der Waals surface area contributed by atoms with Crippen molar-refractivity contribution in [1.29, 1.82) is 0 Å². The van der Waals surface area contributed by atoms with Crippen molar-refractivity contribution in [2.24, 2.45) is 0 Å². The highest BCUT2D eigenvalue weighted by Gasteiger charge is 2.33. The molecule has 1 aliphatic rings. The molecule has 2 N–H and O–H groups in total. The third kappa shape index (κ3) is 1.64. The first-order valence-electron chi connectivity index (χ1n) is 3.19. The van der Waals surface area contributed by atoms with Crippen molar-refractivity contribution in [2.75, 3.05) is 26.8 Å². The van der Waals surface area contributed by atoms with Gasteiger partial charge in [-0.15, -0.1) is 0 Å². The monoisotopic (exact) mass is 131 g/mol. The first-order chi connectivity index (χ1) is 4.27. The fourth-order valence-corrected chi connectivity index (χ4v) is 0.882. The van der Waals surface area contributed by atoms with E-state index < -0.39 is 5.60 Å². The number of hydrogen-bond acceptors (Lipinski definition) is 3. The maximum atomic E-state index is 9.40. The van der Waals surface area contributed by atoms with Gasteiger partial charge in [-0.3, -0.25) is 0 Å². The van der Waals surface area contributed by atoms with Gasteiger partial charge >= 0.3 is 0 Å². The van der Waals surface area contributed by atoms with E-state index in [-0.39, 0.29) is 0 Å². The number of β-amino-alcohol motifs (C(OH)–C–C–N with tert-alkyl or cyclic N) is 1. The number of aliphatic hydroxyl groups is 1. The average Bonchev–Trinajstić information content (AvgIpc) is 1.79. The average molecular weight is 131 g/mol. The zero-order chi connectivity index (χ0) is 6.74. The summed E-state index contributed by atoms with van der Waals surface area (Å²) in [5, 5.41) is 12.4. The van der Waals surface area contributed by atoms with E-state index >= 15 is 0 Å². The maximum absolute atomic E-state index is 9.40. The largest absolute Gasteiger partial charge is 0.387 e. The third-order valence-electron chi connectivity index (χ3n) is 1.68. The van der Waals surface area contributed by atoms with Gasteiger partial charge in [-0.05, 0) is 0 Å². The van der Waals surface area contributed by atoms with Crippen LogP contribution in [-0.2, 0) is 4.74 Å². The molecule has 0 radical (unpaired) electrons. The highest BCUT2D eigenvalue weighted by Crippen LogP contribution is 2.14. The van der Waals surface area contributed by atoms with Crippen molar-refractivity contribution >= 4 is 0 Å². The molecule has 3 heteroatoms. The van der Waals surface area contributed by atoms with Crippen LogP contribution in [0, 0.1) is 0 Å². The molecule has 1 aliphatic heterocycles. The van der Waals surface area contributed by atoms with Crippen LogP contribution < -0.4 is 5.32 Å². The first kappa shape index (κ1) is 6.99. The van der Waals surface area contributed by atoms with Crippen LogP contribution in [0.15, 0.2) is 0 Å². The van der Waals surface area contributed by atoms with Gasteiger partial charge in [0.05, 0.1) is 5.60 Å². The molecule has 0 saturated carbocycles. The van der Waals surface area contributed by atoms with Gasteiger partial charge in [0.1, 0.15) is 0 Å². The van der Waals surface area contributed by atoms with E-state index in [1.165, 1.54) is 0 Å². The molecule has 1 fully saturated rings. The smallest absolute Gasteiger partial charge is 0.0917 e. The molecular formula is C6H13NO2. The Kier molecular flexibility index (Phi) is 2.05. The molecule has 0 bridgehead atoms. The van der Waals surface area contributed by atoms with Crippen LogP contribution in [0.25, 0.3) is 0 Å². The summed E-state index contributed by atoms with van der Waals surface area (Å²) in [6.45, 7) is 2.09. The lowest BCUT2D eigenvalue weighted by atomic mass is 9.94. The van der Waals surface area contributed by atoms with Gasteiger partial charge in [0.15, 0.2) is 0 Å². The van der Waals surface area contributed by atoms with Crippen LogP contribution in [0.5, 0.6) is 0 Å². The van der Waals surface area contributed by atoms with E-state index in [1.54, 1.807) is 7.11 Å². The number of nitrogens with one attached hydrogen (secondary N) is 1. The Balaban J connectivity index is 2.09. The Hall–Kier alpha value is -0.120. The second kappa shape index (κ2) is 2.64. The molecule has 1 saturated heterocycles. The summed E-state index contributed by atoms with van der Waals surface area (Å²) in [5.74, 6) is 0. The Morgan fingerprint density at radius 2 is 2.33 bits per heavy atom. The maximum Gasteiger partial charge on any atom is 0.0917 e. The van der Waals surface area contributed by atoms with E-state index in [0.29, 0.717) is 6.61 Å². The van der Waals surface area contributed by atoms with Crippen LogP contribution in [0.1, 0.15) is 6.42 Å². The van der Waals surface area contributed by atoms with Crippen molar-refractivity contribution < 1.29 is 9.84 Å². The molecule has 0 aromatic rings. The van der Waals surface area contributed by atoms with Crippen LogP contribution in [0.4, 0.5) is 0 Å². The summed E-state index contributed by atoms with van der Waals surface area (Å²) in [5.41, 5.74) is -0.462. The van der Waals surface area contributed by atoms with Crippen LogP contribution in [0.3, 0.4) is 0 Å². The lowest BCUT2D eigenvalue weighted by Crippen LogP contribution is -2.59. The lowest BCUT2D eigenvalue weighted by Gasteiger charge is -2.37. The third-order valence-corrected chi connectivity index (χ3v) is 1.68. The minimum atomic E-state index is -0.462. The molecule has 0 amide bonds. The van der Waals surface area contributed by atoms with Gasteiger partial charge in [0.25, 0.3) is 0 Å². The topological polar surface area (TPSA) is 41.5 Å². The molecule has 0 spiro atoms. The van der Waals surface area contributed by atoms with E-state index in [1.807, 2.05) is 0 Å². The van der Waals surface area contributed by atoms with Crippen molar-refractivity contribution in [3.63, 3.8) is 0 Å². The molecule has 1 heterocycles. The molecule has 0 atom stereocenters. The molecule has 1 rings (SSSR count). The van der Waals surface area contributed by atoms with E-state index in [2.05, 4.69) is 5.32 Å². The molecule has 0 unspecified atom stereocenters. The molecule has 3 nitrogen and oxygen atoms in total. The van der Waals surface area contributed by atoms with Crippen molar-refractivity contribution in [3.8, 4) is 0 Å². The zero-order valence-electron chi connectivity index (χ0n) is 5.68. The van der Waals surface area contributed by atoms with Gasteiger partial charge in [0, 0.05) is 33.2 Å². The van der Waals surface area contributed by atoms with Gasteiger partial charge < -0.3 is 15.2 Å². The Morgan fingerprint density at radius 3 is 2.67 bits per heavy atom. The lowest BCUT2D eigenvalue weighted by molar-refractivity contribution is -0.0333. The normalized spacial score (nSPS) is 23.3. The van der Waals surface area contributed by atoms with Crippen molar-refractivity contribution in [2.45, 2.75) is 12.0 Å². The fourth-order valence-electron chi connectivity index (χ4n) is 0.882. The minimum Gasteiger partial charge on any atom is -0.387 e. The summed E-state index contributed by atoms with van der Waals surface area (Å²) in [6, 6.07) is 0. The van der Waals surface area contributed by atoms with E-state index in [4.69, 9.17) is 4.74 Å². The van der Waals surface area contributed by atoms with E-state index in [9.17, 15) is 5.11 Å². The molecular weight excluding hydrogens is 118 g/mol. The second-order valence-electron chi connectivity index (χ2n) is 2.57. The Bertz CT molecular complexity index is 91.1. The Morgan fingerprint density at radius 1 is 1.67 bits per heavy atom.